The first kappa shape index (κ1) is 14.0. The molecule has 0 fully saturated rings. The van der Waals surface area contributed by atoms with Crippen LogP contribution in [0.3, 0.4) is 0 Å². The normalized spacial score (nSPS) is 10.3. The SMILES string of the molecule is CCN(Cc1ccccn1)c1ncc(C(=O)O)cc1C. The molecule has 5 nitrogen and oxygen atoms in total. The summed E-state index contributed by atoms with van der Waals surface area (Å²) in [5.41, 5.74) is 2.01. The van der Waals surface area contributed by atoms with Gasteiger partial charge in [-0.15, -0.1) is 0 Å². The Morgan fingerprint density at radius 2 is 2.15 bits per heavy atom. The summed E-state index contributed by atoms with van der Waals surface area (Å²) < 4.78 is 0. The minimum absolute atomic E-state index is 0.208. The molecular weight excluding hydrogens is 254 g/mol. The Labute approximate surface area is 117 Å². The zero-order chi connectivity index (χ0) is 14.5. The number of rotatable bonds is 5. The minimum atomic E-state index is -0.958. The van der Waals surface area contributed by atoms with Gasteiger partial charge in [-0.1, -0.05) is 6.07 Å². The summed E-state index contributed by atoms with van der Waals surface area (Å²) in [6.45, 7) is 5.33. The van der Waals surface area contributed by atoms with E-state index in [4.69, 9.17) is 5.11 Å². The minimum Gasteiger partial charge on any atom is -0.478 e. The van der Waals surface area contributed by atoms with Gasteiger partial charge in [0, 0.05) is 18.9 Å². The van der Waals surface area contributed by atoms with Crippen LogP contribution >= 0.6 is 0 Å². The molecule has 0 radical (unpaired) electrons. The molecule has 0 saturated carbocycles. The lowest BCUT2D eigenvalue weighted by molar-refractivity contribution is 0.0696. The fourth-order valence-corrected chi connectivity index (χ4v) is 2.04. The van der Waals surface area contributed by atoms with Crippen molar-refractivity contribution in [2.45, 2.75) is 20.4 Å². The largest absolute Gasteiger partial charge is 0.478 e. The van der Waals surface area contributed by atoms with E-state index in [-0.39, 0.29) is 5.56 Å². The average molecular weight is 271 g/mol. The van der Waals surface area contributed by atoms with Gasteiger partial charge in [-0.2, -0.15) is 0 Å². The molecule has 0 atom stereocenters. The van der Waals surface area contributed by atoms with E-state index in [1.54, 1.807) is 12.3 Å². The van der Waals surface area contributed by atoms with Crippen LogP contribution in [0.5, 0.6) is 0 Å². The maximum atomic E-state index is 10.9. The Hall–Kier alpha value is -2.43. The Morgan fingerprint density at radius 1 is 1.35 bits per heavy atom. The number of hydrogen-bond donors (Lipinski definition) is 1. The third kappa shape index (κ3) is 3.12. The van der Waals surface area contributed by atoms with Gasteiger partial charge in [-0.05, 0) is 37.6 Å². The highest BCUT2D eigenvalue weighted by Gasteiger charge is 2.13. The van der Waals surface area contributed by atoms with E-state index in [1.165, 1.54) is 6.20 Å². The molecule has 0 aromatic carbocycles. The van der Waals surface area contributed by atoms with E-state index in [2.05, 4.69) is 14.9 Å². The van der Waals surface area contributed by atoms with Crippen molar-refractivity contribution in [1.29, 1.82) is 0 Å². The lowest BCUT2D eigenvalue weighted by atomic mass is 10.2. The maximum absolute atomic E-state index is 10.9. The zero-order valence-corrected chi connectivity index (χ0v) is 11.6. The van der Waals surface area contributed by atoms with E-state index in [1.807, 2.05) is 32.0 Å². The van der Waals surface area contributed by atoms with Crippen molar-refractivity contribution in [2.24, 2.45) is 0 Å². The monoisotopic (exact) mass is 271 g/mol. The second-order valence-corrected chi connectivity index (χ2v) is 4.50. The number of hydrogen-bond acceptors (Lipinski definition) is 4. The number of aromatic nitrogens is 2. The summed E-state index contributed by atoms with van der Waals surface area (Å²) in [6, 6.07) is 7.43. The molecule has 20 heavy (non-hydrogen) atoms. The van der Waals surface area contributed by atoms with E-state index in [9.17, 15) is 4.79 Å². The summed E-state index contributed by atoms with van der Waals surface area (Å²) >= 11 is 0. The second-order valence-electron chi connectivity index (χ2n) is 4.50. The highest BCUT2D eigenvalue weighted by Crippen LogP contribution is 2.19. The molecule has 0 aliphatic carbocycles. The van der Waals surface area contributed by atoms with Gasteiger partial charge in [-0.25, -0.2) is 9.78 Å². The molecule has 2 aromatic heterocycles. The highest BCUT2D eigenvalue weighted by molar-refractivity contribution is 5.87. The first-order chi connectivity index (χ1) is 9.61. The molecule has 1 N–H and O–H groups in total. The van der Waals surface area contributed by atoms with Gasteiger partial charge >= 0.3 is 5.97 Å². The lowest BCUT2D eigenvalue weighted by Crippen LogP contribution is -2.24. The first-order valence-electron chi connectivity index (χ1n) is 6.46. The van der Waals surface area contributed by atoms with E-state index < -0.39 is 5.97 Å². The summed E-state index contributed by atoms with van der Waals surface area (Å²) in [4.78, 5) is 21.6. The fourth-order valence-electron chi connectivity index (χ4n) is 2.04. The Bertz CT molecular complexity index is 599. The number of pyridine rings is 2. The molecule has 0 aliphatic heterocycles. The molecule has 104 valence electrons. The molecule has 0 aliphatic rings. The molecule has 2 aromatic rings. The van der Waals surface area contributed by atoms with E-state index in [0.29, 0.717) is 6.54 Å². The van der Waals surface area contributed by atoms with Crippen molar-refractivity contribution < 1.29 is 9.90 Å². The van der Waals surface area contributed by atoms with Crippen LogP contribution in [0.25, 0.3) is 0 Å². The van der Waals surface area contributed by atoms with Gasteiger partial charge < -0.3 is 10.0 Å². The molecule has 5 heteroatoms. The molecule has 0 saturated heterocycles. The van der Waals surface area contributed by atoms with E-state index in [0.717, 1.165) is 23.6 Å². The molecule has 0 amide bonds. The first-order valence-corrected chi connectivity index (χ1v) is 6.46. The average Bonchev–Trinajstić information content (AvgIpc) is 2.46. The summed E-state index contributed by atoms with van der Waals surface area (Å²) in [5.74, 6) is -0.164. The quantitative estimate of drug-likeness (QED) is 0.905. The number of carboxylic acids is 1. The van der Waals surface area contributed by atoms with Crippen molar-refractivity contribution in [3.8, 4) is 0 Å². The van der Waals surface area contributed by atoms with Crippen LogP contribution in [0.2, 0.25) is 0 Å². The van der Waals surface area contributed by atoms with Crippen LogP contribution < -0.4 is 4.90 Å². The van der Waals surface area contributed by atoms with Gasteiger partial charge in [0.1, 0.15) is 5.82 Å². The van der Waals surface area contributed by atoms with Crippen molar-refractivity contribution >= 4 is 11.8 Å². The number of aromatic carboxylic acids is 1. The molecule has 2 rings (SSSR count). The third-order valence-corrected chi connectivity index (χ3v) is 3.06. The van der Waals surface area contributed by atoms with Crippen molar-refractivity contribution in [3.63, 3.8) is 0 Å². The van der Waals surface area contributed by atoms with Crippen molar-refractivity contribution in [1.82, 2.24) is 9.97 Å². The number of anilines is 1. The Balaban J connectivity index is 2.26. The fraction of sp³-hybridized carbons (Fsp3) is 0.267. The molecule has 2 heterocycles. The van der Waals surface area contributed by atoms with E-state index >= 15 is 0 Å². The van der Waals surface area contributed by atoms with Gasteiger partial charge in [0.25, 0.3) is 0 Å². The Morgan fingerprint density at radius 3 is 2.70 bits per heavy atom. The predicted molar refractivity (Wildman–Crippen MR) is 76.9 cm³/mol. The van der Waals surface area contributed by atoms with Crippen LogP contribution in [-0.4, -0.2) is 27.6 Å². The smallest absolute Gasteiger partial charge is 0.337 e. The number of nitrogens with zero attached hydrogens (tertiary/aromatic N) is 3. The van der Waals surface area contributed by atoms with Crippen LogP contribution in [0.15, 0.2) is 36.7 Å². The van der Waals surface area contributed by atoms with Crippen LogP contribution in [-0.2, 0) is 6.54 Å². The zero-order valence-electron chi connectivity index (χ0n) is 11.6. The highest BCUT2D eigenvalue weighted by atomic mass is 16.4. The van der Waals surface area contributed by atoms with Crippen LogP contribution in [0.1, 0.15) is 28.5 Å². The van der Waals surface area contributed by atoms with Crippen LogP contribution in [0.4, 0.5) is 5.82 Å². The Kier molecular flexibility index (Phi) is 4.30. The third-order valence-electron chi connectivity index (χ3n) is 3.06. The molecule has 0 spiro atoms. The molecule has 0 unspecified atom stereocenters. The van der Waals surface area contributed by atoms with Crippen LogP contribution in [0, 0.1) is 6.92 Å². The summed E-state index contributed by atoms with van der Waals surface area (Å²) in [6.07, 6.45) is 3.16. The van der Waals surface area contributed by atoms with Gasteiger partial charge in [0.2, 0.25) is 0 Å². The van der Waals surface area contributed by atoms with Gasteiger partial charge in [0.15, 0.2) is 0 Å². The molecular formula is C15H17N3O2. The number of carbonyl (C=O) groups is 1. The standard InChI is InChI=1S/C15H17N3O2/c1-3-18(10-13-6-4-5-7-16-13)14-11(2)8-12(9-17-14)15(19)20/h4-9H,3,10H2,1-2H3,(H,19,20). The maximum Gasteiger partial charge on any atom is 0.337 e. The van der Waals surface area contributed by atoms with Gasteiger partial charge in [-0.3, -0.25) is 4.98 Å². The van der Waals surface area contributed by atoms with Crippen molar-refractivity contribution in [3.05, 3.63) is 53.5 Å². The number of aryl methyl sites for hydroxylation is 1. The lowest BCUT2D eigenvalue weighted by Gasteiger charge is -2.23. The van der Waals surface area contributed by atoms with Gasteiger partial charge in [0.05, 0.1) is 17.8 Å². The predicted octanol–water partition coefficient (Wildman–Crippen LogP) is 2.51. The van der Waals surface area contributed by atoms with Crippen molar-refractivity contribution in [2.75, 3.05) is 11.4 Å². The summed E-state index contributed by atoms with van der Waals surface area (Å²) in [5, 5.41) is 8.97. The number of carboxylic acid groups (broad SMARTS) is 1. The topological polar surface area (TPSA) is 66.3 Å². The second kappa shape index (κ2) is 6.14. The molecule has 0 bridgehead atoms. The summed E-state index contributed by atoms with van der Waals surface area (Å²) in [7, 11) is 0.